The Bertz CT molecular complexity index is 1700. The van der Waals surface area contributed by atoms with Crippen molar-refractivity contribution in [3.05, 3.63) is 0 Å². The number of hydrogen-bond donors (Lipinski definition) is 3. The van der Waals surface area contributed by atoms with Gasteiger partial charge in [-0.25, -0.2) is 9.13 Å². The highest BCUT2D eigenvalue weighted by atomic mass is 31.2. The van der Waals surface area contributed by atoms with Crippen LogP contribution >= 0.6 is 15.6 Å². The van der Waals surface area contributed by atoms with Gasteiger partial charge in [-0.2, -0.15) is 0 Å². The first-order valence-electron chi connectivity index (χ1n) is 34.2. The molecule has 0 bridgehead atoms. The van der Waals surface area contributed by atoms with E-state index in [9.17, 15) is 43.2 Å². The van der Waals surface area contributed by atoms with Gasteiger partial charge >= 0.3 is 39.5 Å². The third-order valence-electron chi connectivity index (χ3n) is 15.1. The summed E-state index contributed by atoms with van der Waals surface area (Å²) in [4.78, 5) is 72.2. The van der Waals surface area contributed by atoms with Gasteiger partial charge in [-0.1, -0.05) is 267 Å². The Morgan fingerprint density at radius 2 is 0.494 bits per heavy atom. The Labute approximate surface area is 517 Å². The second-order valence-corrected chi connectivity index (χ2v) is 28.7. The van der Waals surface area contributed by atoms with Crippen molar-refractivity contribution in [1.29, 1.82) is 0 Å². The van der Waals surface area contributed by atoms with E-state index in [1.54, 1.807) is 0 Å². The smallest absolute Gasteiger partial charge is 0.462 e. The molecule has 504 valence electrons. The normalized spacial score (nSPS) is 14.4. The monoisotopic (exact) mass is 1250 g/mol. The number of carbonyl (C=O) groups excluding carboxylic acids is 4. The first-order valence-corrected chi connectivity index (χ1v) is 37.2. The van der Waals surface area contributed by atoms with Gasteiger partial charge < -0.3 is 33.8 Å². The third-order valence-corrected chi connectivity index (χ3v) is 17.0. The lowest BCUT2D eigenvalue weighted by Gasteiger charge is -2.21. The average molecular weight is 1260 g/mol. The summed E-state index contributed by atoms with van der Waals surface area (Å²) in [5.74, 6) is 0.709. The lowest BCUT2D eigenvalue weighted by molar-refractivity contribution is -0.161. The molecule has 0 aromatic rings. The van der Waals surface area contributed by atoms with Gasteiger partial charge in [0.15, 0.2) is 12.2 Å². The fourth-order valence-electron chi connectivity index (χ4n) is 9.78. The van der Waals surface area contributed by atoms with Crippen molar-refractivity contribution in [1.82, 2.24) is 0 Å². The standard InChI is InChI=1S/C66H128O17P2/c1-56(2)42-34-26-18-15-13-11-9-10-12-14-16-20-32-40-48-65(70)82-61(52-76-63(68)46-38-30-24-22-28-36-44-58(5)6)54-80-84(72,73)78-50-60(67)51-79-85(74,75)81-55-62(53-77-64(69)47-39-31-25-23-29-37-45-59(7)8)83-66(71)49-41-33-21-17-19-27-35-43-57(3)4/h56-62,67H,9-55H2,1-8H3,(H,72,73)(H,74,75)/t60-,61+,62+/m0/s1. The van der Waals surface area contributed by atoms with Gasteiger partial charge in [-0.15, -0.1) is 0 Å². The van der Waals surface area contributed by atoms with E-state index in [2.05, 4.69) is 55.4 Å². The summed E-state index contributed by atoms with van der Waals surface area (Å²) in [6, 6.07) is 0. The lowest BCUT2D eigenvalue weighted by Crippen LogP contribution is -2.30. The molecule has 0 spiro atoms. The number of aliphatic hydroxyl groups excluding tert-OH is 1. The molecule has 85 heavy (non-hydrogen) atoms. The van der Waals surface area contributed by atoms with Crippen LogP contribution in [0.5, 0.6) is 0 Å². The van der Waals surface area contributed by atoms with Crippen LogP contribution in [0.3, 0.4) is 0 Å². The van der Waals surface area contributed by atoms with Crippen LogP contribution in [0.2, 0.25) is 0 Å². The van der Waals surface area contributed by atoms with E-state index >= 15 is 0 Å². The van der Waals surface area contributed by atoms with Crippen LogP contribution in [0, 0.1) is 23.7 Å². The highest BCUT2D eigenvalue weighted by Gasteiger charge is 2.30. The summed E-state index contributed by atoms with van der Waals surface area (Å²) < 4.78 is 68.0. The van der Waals surface area contributed by atoms with Crippen LogP contribution in [-0.2, 0) is 65.4 Å². The molecular weight excluding hydrogens is 1130 g/mol. The van der Waals surface area contributed by atoms with Crippen LogP contribution in [0.1, 0.15) is 319 Å². The Balaban J connectivity index is 5.20. The Hall–Kier alpha value is -1.94. The van der Waals surface area contributed by atoms with Crippen molar-refractivity contribution >= 4 is 39.5 Å². The molecule has 0 heterocycles. The Morgan fingerprint density at radius 3 is 0.729 bits per heavy atom. The SMILES string of the molecule is CC(C)CCCCCCCCCCCCCCCCC(=O)O[C@H](COC(=O)CCCCCCCCC(C)C)COP(=O)(O)OC[C@H](O)COP(=O)(O)OC[C@@H](COC(=O)CCCCCCCCC(C)C)OC(=O)CCCCCCCCCC(C)C. The zero-order valence-corrected chi connectivity index (χ0v) is 57.0. The van der Waals surface area contributed by atoms with Gasteiger partial charge in [0.2, 0.25) is 0 Å². The summed E-state index contributed by atoms with van der Waals surface area (Å²) in [5, 5.41) is 10.5. The quantitative estimate of drug-likeness (QED) is 0.0222. The van der Waals surface area contributed by atoms with Crippen LogP contribution in [0.25, 0.3) is 0 Å². The molecular formula is C66H128O17P2. The van der Waals surface area contributed by atoms with Crippen molar-refractivity contribution in [2.45, 2.75) is 337 Å². The largest absolute Gasteiger partial charge is 0.472 e. The van der Waals surface area contributed by atoms with E-state index in [-0.39, 0.29) is 25.7 Å². The number of aliphatic hydroxyl groups is 1. The zero-order chi connectivity index (χ0) is 63.2. The number of esters is 4. The number of unbranched alkanes of at least 4 members (excludes halogenated alkanes) is 29. The highest BCUT2D eigenvalue weighted by Crippen LogP contribution is 2.45. The fourth-order valence-corrected chi connectivity index (χ4v) is 11.4. The molecule has 0 aromatic heterocycles. The summed E-state index contributed by atoms with van der Waals surface area (Å²) in [5.41, 5.74) is 0. The van der Waals surface area contributed by atoms with Crippen molar-refractivity contribution in [3.8, 4) is 0 Å². The highest BCUT2D eigenvalue weighted by molar-refractivity contribution is 7.47. The predicted molar refractivity (Wildman–Crippen MR) is 340 cm³/mol. The first kappa shape index (κ1) is 83.1. The van der Waals surface area contributed by atoms with Gasteiger partial charge in [0, 0.05) is 25.7 Å². The first-order chi connectivity index (χ1) is 40.6. The molecule has 17 nitrogen and oxygen atoms in total. The second kappa shape index (κ2) is 56.1. The summed E-state index contributed by atoms with van der Waals surface area (Å²) >= 11 is 0. The van der Waals surface area contributed by atoms with Gasteiger partial charge in [0.25, 0.3) is 0 Å². The van der Waals surface area contributed by atoms with Crippen molar-refractivity contribution in [3.63, 3.8) is 0 Å². The van der Waals surface area contributed by atoms with E-state index < -0.39 is 97.5 Å². The molecule has 5 atom stereocenters. The van der Waals surface area contributed by atoms with Crippen LogP contribution in [-0.4, -0.2) is 96.7 Å². The Morgan fingerprint density at radius 1 is 0.294 bits per heavy atom. The van der Waals surface area contributed by atoms with Gasteiger partial charge in [-0.05, 0) is 49.4 Å². The van der Waals surface area contributed by atoms with Crippen LogP contribution in [0.15, 0.2) is 0 Å². The summed E-state index contributed by atoms with van der Waals surface area (Å²) in [6.45, 7) is 13.9. The minimum atomic E-state index is -4.95. The minimum Gasteiger partial charge on any atom is -0.462 e. The number of rotatable bonds is 63. The van der Waals surface area contributed by atoms with Gasteiger partial charge in [-0.3, -0.25) is 37.3 Å². The topological polar surface area (TPSA) is 237 Å². The molecule has 0 aliphatic carbocycles. The molecule has 2 unspecified atom stereocenters. The fraction of sp³-hybridized carbons (Fsp3) is 0.939. The minimum absolute atomic E-state index is 0.102. The zero-order valence-electron chi connectivity index (χ0n) is 55.2. The van der Waals surface area contributed by atoms with E-state index in [0.29, 0.717) is 43.4 Å². The average Bonchev–Trinajstić information content (AvgIpc) is 3.48. The molecule has 19 heteroatoms. The van der Waals surface area contributed by atoms with Crippen LogP contribution < -0.4 is 0 Å². The Kier molecular flexibility index (Phi) is 54.8. The van der Waals surface area contributed by atoms with Gasteiger partial charge in [0.05, 0.1) is 26.4 Å². The predicted octanol–water partition coefficient (Wildman–Crippen LogP) is 18.1. The lowest BCUT2D eigenvalue weighted by atomic mass is 10.0. The van der Waals surface area contributed by atoms with Crippen molar-refractivity contribution in [2.75, 3.05) is 39.6 Å². The number of phosphoric ester groups is 2. The molecule has 0 saturated carbocycles. The third kappa shape index (κ3) is 60.7. The molecule has 0 aromatic carbocycles. The number of carbonyl (C=O) groups is 4. The maximum atomic E-state index is 13.0. The molecule has 0 aliphatic rings. The molecule has 0 fully saturated rings. The van der Waals surface area contributed by atoms with E-state index in [1.807, 2.05) is 0 Å². The molecule has 0 aliphatic heterocycles. The van der Waals surface area contributed by atoms with Gasteiger partial charge in [0.1, 0.15) is 19.3 Å². The van der Waals surface area contributed by atoms with E-state index in [4.69, 9.17) is 37.0 Å². The number of phosphoric acid groups is 2. The summed E-state index contributed by atoms with van der Waals surface area (Å²) in [6.07, 6.45) is 36.6. The second-order valence-electron chi connectivity index (χ2n) is 25.8. The molecule has 0 rings (SSSR count). The molecule has 3 N–H and O–H groups in total. The van der Waals surface area contributed by atoms with Crippen molar-refractivity contribution in [2.24, 2.45) is 23.7 Å². The number of ether oxygens (including phenoxy) is 4. The van der Waals surface area contributed by atoms with E-state index in [1.165, 1.54) is 109 Å². The maximum Gasteiger partial charge on any atom is 0.472 e. The van der Waals surface area contributed by atoms with E-state index in [0.717, 1.165) is 109 Å². The summed E-state index contributed by atoms with van der Waals surface area (Å²) in [7, 11) is -9.89. The molecule has 0 amide bonds. The van der Waals surface area contributed by atoms with Crippen LogP contribution in [0.4, 0.5) is 0 Å². The molecule has 0 radical (unpaired) electrons. The number of hydrogen-bond acceptors (Lipinski definition) is 15. The maximum absolute atomic E-state index is 13.0. The van der Waals surface area contributed by atoms with Crippen molar-refractivity contribution < 1.29 is 80.2 Å². The molecule has 0 saturated heterocycles.